The Morgan fingerprint density at radius 1 is 0.692 bits per heavy atom. The zero-order chi connectivity index (χ0) is 17.6. The molecule has 0 bridgehead atoms. The zero-order valence-electron chi connectivity index (χ0n) is 16.2. The molecule has 2 saturated heterocycles. The number of benzene rings is 1. The predicted molar refractivity (Wildman–Crippen MR) is 108 cm³/mol. The Labute approximate surface area is 159 Å². The fraction of sp³-hybridized carbons (Fsp3) is 0.739. The van der Waals surface area contributed by atoms with Gasteiger partial charge in [-0.3, -0.25) is 0 Å². The molecule has 0 aromatic heterocycles. The SMILES string of the molecule is C[Si](c1ccccc1)(C1OC1C1CCCCC1)C1OC1C1CCCCC1. The summed E-state index contributed by atoms with van der Waals surface area (Å²) in [4.78, 5) is 0. The quantitative estimate of drug-likeness (QED) is 0.552. The molecule has 142 valence electrons. The Hall–Kier alpha value is -0.643. The van der Waals surface area contributed by atoms with Crippen molar-refractivity contribution in [2.24, 2.45) is 11.8 Å². The maximum Gasteiger partial charge on any atom is 0.154 e. The largest absolute Gasteiger partial charge is 0.372 e. The predicted octanol–water partition coefficient (Wildman–Crippen LogP) is 4.75. The average molecular weight is 371 g/mol. The lowest BCUT2D eigenvalue weighted by molar-refractivity contribution is 0.263. The Morgan fingerprint density at radius 3 is 1.62 bits per heavy atom. The van der Waals surface area contributed by atoms with Crippen LogP contribution in [0.3, 0.4) is 0 Å². The van der Waals surface area contributed by atoms with Crippen LogP contribution in [0.15, 0.2) is 30.3 Å². The Bertz CT molecular complexity index is 574. The van der Waals surface area contributed by atoms with Crippen LogP contribution < -0.4 is 5.19 Å². The summed E-state index contributed by atoms with van der Waals surface area (Å²) in [5, 5.41) is 1.56. The third-order valence-corrected chi connectivity index (χ3v) is 12.7. The molecule has 2 heterocycles. The number of ether oxygens (including phenoxy) is 2. The molecule has 0 spiro atoms. The summed E-state index contributed by atoms with van der Waals surface area (Å²) in [6, 6.07) is 11.3. The molecule has 0 radical (unpaired) electrons. The summed E-state index contributed by atoms with van der Waals surface area (Å²) < 4.78 is 13.0. The molecule has 4 aliphatic rings. The summed E-state index contributed by atoms with van der Waals surface area (Å²) in [7, 11) is -1.80. The number of epoxide rings is 2. The van der Waals surface area contributed by atoms with Gasteiger partial charge in [-0.25, -0.2) is 0 Å². The van der Waals surface area contributed by atoms with Gasteiger partial charge in [-0.2, -0.15) is 0 Å². The highest BCUT2D eigenvalue weighted by Gasteiger charge is 2.67. The van der Waals surface area contributed by atoms with Crippen LogP contribution in [0.5, 0.6) is 0 Å². The first-order valence-electron chi connectivity index (χ1n) is 11.1. The van der Waals surface area contributed by atoms with Gasteiger partial charge in [0.2, 0.25) is 0 Å². The van der Waals surface area contributed by atoms with Crippen LogP contribution in [0.25, 0.3) is 0 Å². The van der Waals surface area contributed by atoms with E-state index >= 15 is 0 Å². The summed E-state index contributed by atoms with van der Waals surface area (Å²) in [5.74, 6) is 1.63. The highest BCUT2D eigenvalue weighted by atomic mass is 28.3. The maximum absolute atomic E-state index is 6.49. The molecule has 0 amide bonds. The second kappa shape index (κ2) is 7.07. The van der Waals surface area contributed by atoms with Crippen molar-refractivity contribution in [3.8, 4) is 0 Å². The minimum Gasteiger partial charge on any atom is -0.372 e. The van der Waals surface area contributed by atoms with Crippen LogP contribution in [0.1, 0.15) is 64.2 Å². The number of rotatable bonds is 5. The van der Waals surface area contributed by atoms with Gasteiger partial charge in [0, 0.05) is 0 Å². The van der Waals surface area contributed by atoms with E-state index in [4.69, 9.17) is 9.47 Å². The van der Waals surface area contributed by atoms with E-state index in [0.29, 0.717) is 23.7 Å². The van der Waals surface area contributed by atoms with Crippen LogP contribution in [0, 0.1) is 11.8 Å². The second-order valence-electron chi connectivity index (χ2n) is 9.49. The van der Waals surface area contributed by atoms with Crippen LogP contribution in [0.2, 0.25) is 6.55 Å². The van der Waals surface area contributed by atoms with Gasteiger partial charge in [-0.05, 0) is 37.5 Å². The van der Waals surface area contributed by atoms with Crippen LogP contribution in [0.4, 0.5) is 0 Å². The van der Waals surface area contributed by atoms with E-state index in [1.807, 2.05) is 0 Å². The zero-order valence-corrected chi connectivity index (χ0v) is 17.2. The van der Waals surface area contributed by atoms with Crippen molar-refractivity contribution in [1.29, 1.82) is 0 Å². The molecule has 2 aliphatic heterocycles. The molecule has 5 rings (SSSR count). The molecule has 2 saturated carbocycles. The van der Waals surface area contributed by atoms with E-state index in [1.165, 1.54) is 64.2 Å². The lowest BCUT2D eigenvalue weighted by Crippen LogP contribution is -2.58. The molecule has 4 fully saturated rings. The van der Waals surface area contributed by atoms with Gasteiger partial charge >= 0.3 is 0 Å². The lowest BCUT2D eigenvalue weighted by atomic mass is 9.87. The van der Waals surface area contributed by atoms with Gasteiger partial charge in [-0.15, -0.1) is 0 Å². The van der Waals surface area contributed by atoms with E-state index < -0.39 is 8.07 Å². The molecule has 0 N–H and O–H groups in total. The van der Waals surface area contributed by atoms with Gasteiger partial charge in [0.15, 0.2) is 8.07 Å². The first kappa shape index (κ1) is 17.5. The molecule has 4 atom stereocenters. The fourth-order valence-corrected chi connectivity index (χ4v) is 10.8. The van der Waals surface area contributed by atoms with E-state index in [2.05, 4.69) is 36.9 Å². The summed E-state index contributed by atoms with van der Waals surface area (Å²) in [6.07, 6.45) is 15.1. The summed E-state index contributed by atoms with van der Waals surface area (Å²) >= 11 is 0. The highest BCUT2D eigenvalue weighted by molar-refractivity contribution is 6.94. The van der Waals surface area contributed by atoms with Crippen molar-refractivity contribution in [3.05, 3.63) is 30.3 Å². The van der Waals surface area contributed by atoms with Crippen molar-refractivity contribution in [2.45, 2.75) is 94.4 Å². The van der Waals surface area contributed by atoms with Crippen molar-refractivity contribution in [2.75, 3.05) is 0 Å². The molecule has 2 aliphatic carbocycles. The van der Waals surface area contributed by atoms with Crippen molar-refractivity contribution in [1.82, 2.24) is 0 Å². The highest BCUT2D eigenvalue weighted by Crippen LogP contribution is 2.49. The topological polar surface area (TPSA) is 25.1 Å². The van der Waals surface area contributed by atoms with Crippen LogP contribution in [-0.2, 0) is 9.47 Å². The van der Waals surface area contributed by atoms with E-state index in [0.717, 1.165) is 11.8 Å². The third kappa shape index (κ3) is 3.10. The van der Waals surface area contributed by atoms with Crippen molar-refractivity contribution < 1.29 is 9.47 Å². The standard InChI is InChI=1S/C23H34O2Si/c1-26(19-15-9-4-10-16-19,22-20(24-22)17-11-5-2-6-12-17)23-21(25-23)18-13-7-3-8-14-18/h4,9-10,15-18,20-23H,2-3,5-8,11-14H2,1H3. The third-order valence-electron chi connectivity index (χ3n) is 7.86. The Balaban J connectivity index is 1.37. The summed E-state index contributed by atoms with van der Waals surface area (Å²) in [5.41, 5.74) is 0.984. The van der Waals surface area contributed by atoms with Gasteiger partial charge in [0.1, 0.15) is 0 Å². The molecule has 1 aromatic rings. The minimum absolute atomic E-state index is 0.492. The molecular weight excluding hydrogens is 336 g/mol. The van der Waals surface area contributed by atoms with Crippen molar-refractivity contribution in [3.63, 3.8) is 0 Å². The summed E-state index contributed by atoms with van der Waals surface area (Å²) in [6.45, 7) is 2.57. The van der Waals surface area contributed by atoms with Crippen LogP contribution in [-0.4, -0.2) is 31.7 Å². The first-order valence-corrected chi connectivity index (χ1v) is 13.8. The van der Waals surface area contributed by atoms with Crippen LogP contribution >= 0.6 is 0 Å². The molecule has 1 aromatic carbocycles. The molecule has 3 heteroatoms. The number of hydrogen-bond donors (Lipinski definition) is 0. The van der Waals surface area contributed by atoms with E-state index in [1.54, 1.807) is 5.19 Å². The normalized spacial score (nSPS) is 37.9. The minimum atomic E-state index is -1.80. The van der Waals surface area contributed by atoms with E-state index in [9.17, 15) is 0 Å². The average Bonchev–Trinajstić information content (AvgIpc) is 3.63. The fourth-order valence-electron chi connectivity index (χ4n) is 6.14. The van der Waals surface area contributed by atoms with Crippen molar-refractivity contribution >= 4 is 13.3 Å². The van der Waals surface area contributed by atoms with Gasteiger partial charge in [-0.1, -0.05) is 80.6 Å². The molecule has 4 unspecified atom stereocenters. The second-order valence-corrected chi connectivity index (χ2v) is 13.8. The first-order chi connectivity index (χ1) is 12.8. The molecule has 26 heavy (non-hydrogen) atoms. The lowest BCUT2D eigenvalue weighted by Gasteiger charge is -2.28. The van der Waals surface area contributed by atoms with Gasteiger partial charge in [0.25, 0.3) is 0 Å². The van der Waals surface area contributed by atoms with Gasteiger partial charge < -0.3 is 9.47 Å². The monoisotopic (exact) mass is 370 g/mol. The van der Waals surface area contributed by atoms with E-state index in [-0.39, 0.29) is 0 Å². The molecular formula is C23H34O2Si. The Kier molecular flexibility index (Phi) is 4.75. The number of hydrogen-bond acceptors (Lipinski definition) is 2. The van der Waals surface area contributed by atoms with Gasteiger partial charge in [0.05, 0.1) is 23.7 Å². The Morgan fingerprint density at radius 2 is 1.15 bits per heavy atom. The smallest absolute Gasteiger partial charge is 0.154 e. The maximum atomic E-state index is 6.49. The molecule has 2 nitrogen and oxygen atoms in total.